The lowest BCUT2D eigenvalue weighted by atomic mass is 9.83. The van der Waals surface area contributed by atoms with Crippen LogP contribution in [0.2, 0.25) is 0 Å². The van der Waals surface area contributed by atoms with Crippen LogP contribution >= 0.6 is 11.3 Å². The Hall–Kier alpha value is -3.09. The Bertz CT molecular complexity index is 1460. The molecule has 0 radical (unpaired) electrons. The van der Waals surface area contributed by atoms with Crippen LogP contribution in [0.3, 0.4) is 0 Å². The molecule has 2 fully saturated rings. The molecule has 0 saturated heterocycles. The molecule has 2 aromatic rings. The number of hydrogen-bond acceptors (Lipinski definition) is 8. The largest absolute Gasteiger partial charge is 0.348 e. The van der Waals surface area contributed by atoms with E-state index in [0.717, 1.165) is 85.6 Å². The number of thiazole rings is 1. The molecular formula is C35H51N5O5S2. The van der Waals surface area contributed by atoms with Gasteiger partial charge in [0, 0.05) is 18.2 Å². The quantitative estimate of drug-likeness (QED) is 0.211. The number of rotatable bonds is 15. The van der Waals surface area contributed by atoms with Gasteiger partial charge in [-0.05, 0) is 49.1 Å². The number of amides is 3. The monoisotopic (exact) mass is 685 g/mol. The van der Waals surface area contributed by atoms with Crippen molar-refractivity contribution in [2.45, 2.75) is 115 Å². The summed E-state index contributed by atoms with van der Waals surface area (Å²) in [5.41, 5.74) is 7.63. The minimum absolute atomic E-state index is 0.278. The number of sulfone groups is 1. The summed E-state index contributed by atoms with van der Waals surface area (Å²) in [6, 6.07) is 5.40. The van der Waals surface area contributed by atoms with Crippen LogP contribution in [0.5, 0.6) is 0 Å². The molecule has 1 heterocycles. The maximum absolute atomic E-state index is 14.0. The van der Waals surface area contributed by atoms with Gasteiger partial charge in [0.25, 0.3) is 5.91 Å². The van der Waals surface area contributed by atoms with Gasteiger partial charge in [-0.25, -0.2) is 13.4 Å². The lowest BCUT2D eigenvalue weighted by Gasteiger charge is -2.30. The molecule has 0 bridgehead atoms. The highest BCUT2D eigenvalue weighted by Gasteiger charge is 2.32. The Morgan fingerprint density at radius 2 is 1.40 bits per heavy atom. The molecule has 258 valence electrons. The molecular weight excluding hydrogens is 635 g/mol. The smallest absolute Gasteiger partial charge is 0.263 e. The van der Waals surface area contributed by atoms with Crippen LogP contribution in [0, 0.1) is 18.8 Å². The molecule has 2 aliphatic carbocycles. The van der Waals surface area contributed by atoms with Crippen molar-refractivity contribution in [2.24, 2.45) is 17.6 Å². The minimum Gasteiger partial charge on any atom is -0.348 e. The number of aromatic nitrogens is 1. The van der Waals surface area contributed by atoms with Gasteiger partial charge in [-0.1, -0.05) is 94.5 Å². The first kappa shape index (κ1) is 36.7. The van der Waals surface area contributed by atoms with Crippen molar-refractivity contribution >= 4 is 38.9 Å². The Morgan fingerprint density at radius 3 is 1.91 bits per heavy atom. The molecule has 0 aliphatic heterocycles. The van der Waals surface area contributed by atoms with Crippen LogP contribution in [0.1, 0.15) is 103 Å². The van der Waals surface area contributed by atoms with Crippen molar-refractivity contribution in [2.75, 3.05) is 6.26 Å². The number of hydrogen-bond donors (Lipinski definition) is 4. The number of benzene rings is 1. The zero-order valence-electron chi connectivity index (χ0n) is 27.7. The fourth-order valence-corrected chi connectivity index (χ4v) is 7.85. The third-order valence-electron chi connectivity index (χ3n) is 9.29. The maximum Gasteiger partial charge on any atom is 0.263 e. The zero-order valence-corrected chi connectivity index (χ0v) is 29.3. The van der Waals surface area contributed by atoms with Gasteiger partial charge >= 0.3 is 0 Å². The highest BCUT2D eigenvalue weighted by atomic mass is 32.2. The topological polar surface area (TPSA) is 160 Å². The number of aryl methyl sites for hydroxylation is 1. The van der Waals surface area contributed by atoms with E-state index in [4.69, 9.17) is 5.73 Å². The first-order valence-electron chi connectivity index (χ1n) is 17.0. The fraction of sp³-hybridized carbons (Fsp3) is 0.600. The van der Waals surface area contributed by atoms with E-state index in [9.17, 15) is 22.8 Å². The summed E-state index contributed by atoms with van der Waals surface area (Å²) in [4.78, 5) is 45.9. The molecule has 1 aromatic carbocycles. The molecule has 12 heteroatoms. The number of carbonyl (C=O) groups excluding carboxylic acids is 3. The normalized spacial score (nSPS) is 18.4. The number of nitrogens with zero attached hydrogens (tertiary/aromatic N) is 1. The average Bonchev–Trinajstić information content (AvgIpc) is 3.50. The van der Waals surface area contributed by atoms with Gasteiger partial charge in [-0.15, -0.1) is 11.3 Å². The second-order valence-corrected chi connectivity index (χ2v) is 16.5. The highest BCUT2D eigenvalue weighted by molar-refractivity contribution is 7.93. The molecule has 0 spiro atoms. The van der Waals surface area contributed by atoms with Gasteiger partial charge in [0.2, 0.25) is 11.8 Å². The van der Waals surface area contributed by atoms with Crippen molar-refractivity contribution in [1.82, 2.24) is 20.9 Å². The van der Waals surface area contributed by atoms with Crippen LogP contribution in [-0.4, -0.2) is 55.5 Å². The summed E-state index contributed by atoms with van der Waals surface area (Å²) in [5.74, 6) is -0.496. The predicted octanol–water partition coefficient (Wildman–Crippen LogP) is 4.72. The van der Waals surface area contributed by atoms with Crippen LogP contribution in [-0.2, 0) is 32.4 Å². The third kappa shape index (κ3) is 12.5. The number of nitrogens with one attached hydrogen (secondary N) is 3. The lowest BCUT2D eigenvalue weighted by molar-refractivity contribution is -0.131. The zero-order chi connectivity index (χ0) is 33.8. The van der Waals surface area contributed by atoms with Crippen molar-refractivity contribution in [3.05, 3.63) is 63.0 Å². The summed E-state index contributed by atoms with van der Waals surface area (Å²) in [5, 5.41) is 10.9. The molecule has 2 saturated carbocycles. The van der Waals surface area contributed by atoms with Crippen molar-refractivity contribution in [3.63, 3.8) is 0 Å². The number of carbonyl (C=O) groups is 3. The second kappa shape index (κ2) is 17.9. The lowest BCUT2D eigenvalue weighted by Crippen LogP contribution is -2.55. The molecule has 0 unspecified atom stereocenters. The van der Waals surface area contributed by atoms with Gasteiger partial charge in [0.15, 0.2) is 9.84 Å². The summed E-state index contributed by atoms with van der Waals surface area (Å²) < 4.78 is 24.0. The van der Waals surface area contributed by atoms with Crippen molar-refractivity contribution in [1.29, 1.82) is 0 Å². The predicted molar refractivity (Wildman–Crippen MR) is 186 cm³/mol. The first-order valence-corrected chi connectivity index (χ1v) is 19.8. The van der Waals surface area contributed by atoms with Gasteiger partial charge in [-0.3, -0.25) is 14.4 Å². The first-order chi connectivity index (χ1) is 22.5. The molecule has 10 nitrogen and oxygen atoms in total. The van der Waals surface area contributed by atoms with Crippen LogP contribution in [0.15, 0.2) is 41.9 Å². The highest BCUT2D eigenvalue weighted by Crippen LogP contribution is 2.29. The van der Waals surface area contributed by atoms with Crippen molar-refractivity contribution < 1.29 is 22.8 Å². The standard InChI is InChI=1S/C35H51N5O5S2/c1-24-37-23-32(46-24)35(43)40-31(21-26-11-7-4-8-12-26)34(42)39-30(20-25-9-5-3-6-10-25)33(41)38-29(17-18-47(2,44)45)19-27-13-15-28(22-36)16-14-27/h13-18,23,25-26,29-31H,3-12,19-22,36H2,1-2H3,(H,38,41)(H,39,42)(H,40,43)/b18-17+/t29-,30+,31+/m1/s1. The molecule has 5 N–H and O–H groups in total. The number of nitrogens with two attached hydrogens (primary N) is 1. The SMILES string of the molecule is Cc1ncc(C(=O)N[C@@H](CC2CCCCC2)C(=O)N[C@@H](CC2CCCCC2)C(=O)N[C@H](/C=C/S(C)(=O)=O)Cc2ccc(CN)cc2)s1. The van der Waals surface area contributed by atoms with Gasteiger partial charge < -0.3 is 21.7 Å². The van der Waals surface area contributed by atoms with Gasteiger partial charge in [-0.2, -0.15) is 0 Å². The van der Waals surface area contributed by atoms with Crippen LogP contribution in [0.4, 0.5) is 0 Å². The Balaban J connectivity index is 1.55. The van der Waals surface area contributed by atoms with E-state index in [1.165, 1.54) is 30.0 Å². The molecule has 3 amide bonds. The maximum atomic E-state index is 14.0. The second-order valence-electron chi connectivity index (χ2n) is 13.3. The van der Waals surface area contributed by atoms with Crippen LogP contribution in [0.25, 0.3) is 0 Å². The average molecular weight is 686 g/mol. The summed E-state index contributed by atoms with van der Waals surface area (Å²) in [7, 11) is -3.44. The van der Waals surface area contributed by atoms with E-state index in [-0.39, 0.29) is 23.6 Å². The summed E-state index contributed by atoms with van der Waals surface area (Å²) in [6.45, 7) is 2.23. The van der Waals surface area contributed by atoms with Crippen LogP contribution < -0.4 is 21.7 Å². The minimum atomic E-state index is -3.44. The van der Waals surface area contributed by atoms with E-state index in [1.54, 1.807) is 0 Å². The van der Waals surface area contributed by atoms with E-state index < -0.39 is 28.0 Å². The van der Waals surface area contributed by atoms with E-state index in [0.29, 0.717) is 36.6 Å². The van der Waals surface area contributed by atoms with E-state index in [2.05, 4.69) is 20.9 Å². The Morgan fingerprint density at radius 1 is 0.872 bits per heavy atom. The molecule has 47 heavy (non-hydrogen) atoms. The molecule has 2 aliphatic rings. The van der Waals surface area contributed by atoms with Gasteiger partial charge in [0.1, 0.15) is 17.0 Å². The summed E-state index contributed by atoms with van der Waals surface area (Å²) in [6.07, 6.45) is 16.2. The Kier molecular flexibility index (Phi) is 14.0. The third-order valence-corrected chi connectivity index (χ3v) is 10.9. The van der Waals surface area contributed by atoms with Gasteiger partial charge in [0.05, 0.1) is 17.2 Å². The molecule has 1 aromatic heterocycles. The van der Waals surface area contributed by atoms with Crippen molar-refractivity contribution in [3.8, 4) is 0 Å². The van der Waals surface area contributed by atoms with E-state index in [1.807, 2.05) is 31.2 Å². The fourth-order valence-electron chi connectivity index (χ4n) is 6.70. The molecule has 4 rings (SSSR count). The molecule has 3 atom stereocenters. The Labute approximate surface area is 283 Å². The van der Waals surface area contributed by atoms with E-state index >= 15 is 0 Å². The summed E-state index contributed by atoms with van der Waals surface area (Å²) >= 11 is 1.28.